The maximum Gasteiger partial charge on any atom is 0.408 e. The van der Waals surface area contributed by atoms with Crippen LogP contribution in [-0.4, -0.2) is 59.2 Å². The van der Waals surface area contributed by atoms with Crippen LogP contribution in [0.15, 0.2) is 30.3 Å². The van der Waals surface area contributed by atoms with Crippen LogP contribution in [0.4, 0.5) is 4.79 Å². The molecule has 9 heteroatoms. The largest absolute Gasteiger partial charge is 0.478 e. The number of likely N-dealkylation sites (tertiary alicyclic amines) is 1. The molecule has 2 rings (SSSR count). The van der Waals surface area contributed by atoms with Crippen LogP contribution in [0.5, 0.6) is 0 Å². The number of benzene rings is 1. The lowest BCUT2D eigenvalue weighted by Gasteiger charge is -2.27. The summed E-state index contributed by atoms with van der Waals surface area (Å²) < 4.78 is 9.81. The zero-order valence-corrected chi connectivity index (χ0v) is 14.9. The summed E-state index contributed by atoms with van der Waals surface area (Å²) >= 11 is 0. The van der Waals surface area contributed by atoms with Crippen molar-refractivity contribution in [2.45, 2.75) is 38.5 Å². The Balaban J connectivity index is 2.09. The highest BCUT2D eigenvalue weighted by Crippen LogP contribution is 2.13. The van der Waals surface area contributed by atoms with Crippen LogP contribution in [0, 0.1) is 0 Å². The van der Waals surface area contributed by atoms with Gasteiger partial charge in [0.25, 0.3) is 0 Å². The number of carboxylic acids is 1. The van der Waals surface area contributed by atoms with Crippen LogP contribution >= 0.6 is 0 Å². The van der Waals surface area contributed by atoms with E-state index in [4.69, 9.17) is 9.47 Å². The Bertz CT molecular complexity index is 686. The molecular weight excluding hydrogens is 356 g/mol. The Morgan fingerprint density at radius 2 is 1.78 bits per heavy atom. The van der Waals surface area contributed by atoms with Crippen molar-refractivity contribution in [1.29, 1.82) is 0 Å². The number of ether oxygens (including phenoxy) is 2. The molecule has 1 saturated heterocycles. The number of carboxylic acid groups (broad SMARTS) is 1. The number of nitrogens with one attached hydrogen (secondary N) is 1. The second-order valence-electron chi connectivity index (χ2n) is 6.08. The fourth-order valence-corrected chi connectivity index (χ4v) is 2.73. The van der Waals surface area contributed by atoms with E-state index in [-0.39, 0.29) is 6.61 Å². The summed E-state index contributed by atoms with van der Waals surface area (Å²) in [4.78, 5) is 49.0. The molecule has 0 bridgehead atoms. The molecule has 0 saturated carbocycles. The molecule has 0 aliphatic carbocycles. The maximum absolute atomic E-state index is 12.7. The van der Waals surface area contributed by atoms with Gasteiger partial charge in [-0.05, 0) is 18.4 Å². The Morgan fingerprint density at radius 3 is 2.33 bits per heavy atom. The lowest BCUT2D eigenvalue weighted by Crippen LogP contribution is -2.57. The topological polar surface area (TPSA) is 122 Å². The summed E-state index contributed by atoms with van der Waals surface area (Å²) in [7, 11) is 0. The van der Waals surface area contributed by atoms with Gasteiger partial charge in [-0.15, -0.1) is 0 Å². The van der Waals surface area contributed by atoms with Gasteiger partial charge in [0.2, 0.25) is 12.0 Å². The van der Waals surface area contributed by atoms with Crippen LogP contribution in [0.1, 0.15) is 25.3 Å². The normalized spacial score (nSPS) is 15.5. The van der Waals surface area contributed by atoms with Crippen LogP contribution in [0.2, 0.25) is 0 Å². The van der Waals surface area contributed by atoms with E-state index in [2.05, 4.69) is 5.32 Å². The number of carbonyl (C=O) groups is 4. The average molecular weight is 378 g/mol. The van der Waals surface area contributed by atoms with Gasteiger partial charge >= 0.3 is 18.0 Å². The van der Waals surface area contributed by atoms with Crippen molar-refractivity contribution in [1.82, 2.24) is 10.2 Å². The van der Waals surface area contributed by atoms with E-state index in [0.29, 0.717) is 13.1 Å². The number of hydrogen-bond acceptors (Lipinski definition) is 6. The van der Waals surface area contributed by atoms with Gasteiger partial charge in [0.1, 0.15) is 6.61 Å². The Hall–Kier alpha value is -3.10. The van der Waals surface area contributed by atoms with Crippen molar-refractivity contribution in [3.05, 3.63) is 35.9 Å². The molecule has 0 spiro atoms. The van der Waals surface area contributed by atoms with Gasteiger partial charge in [0.05, 0.1) is 0 Å². The predicted octanol–water partition coefficient (Wildman–Crippen LogP) is 0.920. The van der Waals surface area contributed by atoms with Gasteiger partial charge in [-0.3, -0.25) is 9.59 Å². The molecule has 2 amide bonds. The van der Waals surface area contributed by atoms with Crippen LogP contribution < -0.4 is 5.32 Å². The van der Waals surface area contributed by atoms with Crippen molar-refractivity contribution in [2.75, 3.05) is 13.1 Å². The zero-order valence-electron chi connectivity index (χ0n) is 14.9. The van der Waals surface area contributed by atoms with Crippen LogP contribution in [-0.2, 0) is 30.5 Å². The third kappa shape index (κ3) is 5.98. The summed E-state index contributed by atoms with van der Waals surface area (Å²) in [6.45, 7) is 1.87. The van der Waals surface area contributed by atoms with E-state index >= 15 is 0 Å². The van der Waals surface area contributed by atoms with Crippen molar-refractivity contribution >= 4 is 23.9 Å². The number of carbonyl (C=O) groups excluding carboxylic acids is 3. The number of rotatable bonds is 7. The first-order valence-electron chi connectivity index (χ1n) is 8.54. The van der Waals surface area contributed by atoms with Crippen molar-refractivity contribution in [3.8, 4) is 0 Å². The first-order chi connectivity index (χ1) is 12.9. The van der Waals surface area contributed by atoms with Gasteiger partial charge in [-0.1, -0.05) is 30.3 Å². The zero-order chi connectivity index (χ0) is 19.8. The van der Waals surface area contributed by atoms with E-state index in [1.165, 1.54) is 4.90 Å². The number of esters is 1. The van der Waals surface area contributed by atoms with E-state index < -0.39 is 36.1 Å². The molecule has 1 aliphatic rings. The highest BCUT2D eigenvalue weighted by Gasteiger charge is 2.40. The quantitative estimate of drug-likeness (QED) is 0.677. The summed E-state index contributed by atoms with van der Waals surface area (Å²) in [6, 6.07) is 7.28. The molecule has 1 heterocycles. The summed E-state index contributed by atoms with van der Waals surface area (Å²) in [5.41, 5.74) is 0.727. The minimum absolute atomic E-state index is 0.0530. The van der Waals surface area contributed by atoms with Crippen molar-refractivity contribution in [3.63, 3.8) is 0 Å². The number of aliphatic carboxylic acids is 1. The van der Waals surface area contributed by atoms with Crippen molar-refractivity contribution < 1.29 is 33.8 Å². The molecule has 1 aromatic carbocycles. The lowest BCUT2D eigenvalue weighted by molar-refractivity contribution is -0.167. The SMILES string of the molecule is CC(=O)O[C@@H](C(=O)O)[C@@H](NC(=O)OCc1ccccc1)C(=O)N1CCCC1. The molecule has 1 fully saturated rings. The molecular formula is C18H22N2O7. The molecule has 2 N–H and O–H groups in total. The minimum atomic E-state index is -1.85. The third-order valence-electron chi connectivity index (χ3n) is 4.01. The lowest BCUT2D eigenvalue weighted by atomic mass is 10.1. The monoisotopic (exact) mass is 378 g/mol. The molecule has 9 nitrogen and oxygen atoms in total. The highest BCUT2D eigenvalue weighted by molar-refractivity contribution is 5.92. The fraction of sp³-hybridized carbons (Fsp3) is 0.444. The molecule has 0 radical (unpaired) electrons. The maximum atomic E-state index is 12.7. The predicted molar refractivity (Wildman–Crippen MR) is 92.6 cm³/mol. The molecule has 1 aromatic rings. The summed E-state index contributed by atoms with van der Waals surface area (Å²) in [5.74, 6) is -3.04. The van der Waals surface area contributed by atoms with E-state index in [1.54, 1.807) is 24.3 Å². The number of alkyl carbamates (subject to hydrolysis) is 1. The fourth-order valence-electron chi connectivity index (χ4n) is 2.73. The van der Waals surface area contributed by atoms with Crippen LogP contribution in [0.3, 0.4) is 0 Å². The first kappa shape index (κ1) is 20.2. The van der Waals surface area contributed by atoms with E-state index in [9.17, 15) is 24.3 Å². The summed E-state index contributed by atoms with van der Waals surface area (Å²) in [5, 5.41) is 11.6. The van der Waals surface area contributed by atoms with Gasteiger partial charge < -0.3 is 24.8 Å². The van der Waals surface area contributed by atoms with Crippen LogP contribution in [0.25, 0.3) is 0 Å². The third-order valence-corrected chi connectivity index (χ3v) is 4.01. The Kier molecular flexibility index (Phi) is 7.16. The average Bonchev–Trinajstić information content (AvgIpc) is 3.17. The number of nitrogens with zero attached hydrogens (tertiary/aromatic N) is 1. The van der Waals surface area contributed by atoms with Crippen molar-refractivity contribution in [2.24, 2.45) is 0 Å². The number of amides is 2. The van der Waals surface area contributed by atoms with Gasteiger partial charge in [-0.2, -0.15) is 0 Å². The Labute approximate surface area is 156 Å². The summed E-state index contributed by atoms with van der Waals surface area (Å²) in [6.07, 6.45) is -1.26. The smallest absolute Gasteiger partial charge is 0.408 e. The first-order valence-corrected chi connectivity index (χ1v) is 8.54. The van der Waals surface area contributed by atoms with Gasteiger partial charge in [-0.25, -0.2) is 9.59 Å². The molecule has 2 atom stereocenters. The van der Waals surface area contributed by atoms with E-state index in [1.807, 2.05) is 6.07 Å². The molecule has 0 unspecified atom stereocenters. The second kappa shape index (κ2) is 9.56. The second-order valence-corrected chi connectivity index (χ2v) is 6.08. The Morgan fingerprint density at radius 1 is 1.15 bits per heavy atom. The number of hydrogen-bond donors (Lipinski definition) is 2. The van der Waals surface area contributed by atoms with E-state index in [0.717, 1.165) is 25.3 Å². The molecule has 27 heavy (non-hydrogen) atoms. The van der Waals surface area contributed by atoms with Gasteiger partial charge in [0, 0.05) is 20.0 Å². The van der Waals surface area contributed by atoms with Gasteiger partial charge in [0.15, 0.2) is 6.04 Å². The minimum Gasteiger partial charge on any atom is -0.478 e. The molecule has 1 aliphatic heterocycles. The highest BCUT2D eigenvalue weighted by atomic mass is 16.6. The molecule has 0 aromatic heterocycles. The molecule has 146 valence electrons. The standard InChI is InChI=1S/C18H22N2O7/c1-12(21)27-15(17(23)24)14(16(22)20-9-5-6-10-20)19-18(25)26-11-13-7-3-2-4-8-13/h2-4,7-8,14-15H,5-6,9-11H2,1H3,(H,19,25)(H,23,24)/t14-,15-/m1/s1.